The number of hydrogen-bond acceptors (Lipinski definition) is 2. The van der Waals surface area contributed by atoms with E-state index >= 15 is 0 Å². The Kier molecular flexibility index (Phi) is 7.89. The third-order valence-corrected chi connectivity index (χ3v) is 4.21. The molecule has 0 spiro atoms. The van der Waals surface area contributed by atoms with Gasteiger partial charge in [-0.15, -0.1) is 0 Å². The van der Waals surface area contributed by atoms with Crippen LogP contribution in [0.5, 0.6) is 0 Å². The molecule has 0 bridgehead atoms. The number of allylic oxidation sites excluding steroid dienone is 1. The molecule has 2 nitrogen and oxygen atoms in total. The van der Waals surface area contributed by atoms with Crippen molar-refractivity contribution in [3.63, 3.8) is 0 Å². The number of alkyl halides is 2. The van der Waals surface area contributed by atoms with Crippen LogP contribution in [0.15, 0.2) is 11.6 Å². The standard InChI is InChI=1S/C17H20Br2O2/c18-11-4-7-14-6-3-8-15(14)16(9-5-12-19)21-17-10-1-2-13-20-17/h6,15-17H,1-3,8,10-13H2/t15-,16-,17?/m0/s1. The molecule has 2 rings (SSSR count). The van der Waals surface area contributed by atoms with Gasteiger partial charge in [0.05, 0.1) is 10.7 Å². The molecular weight excluding hydrogens is 396 g/mol. The van der Waals surface area contributed by atoms with Gasteiger partial charge in [0, 0.05) is 18.1 Å². The summed E-state index contributed by atoms with van der Waals surface area (Å²) in [5.41, 5.74) is 1.17. The number of hydrogen-bond donors (Lipinski definition) is 0. The zero-order valence-corrected chi connectivity index (χ0v) is 15.2. The summed E-state index contributed by atoms with van der Waals surface area (Å²) >= 11 is 6.71. The second kappa shape index (κ2) is 9.70. The minimum atomic E-state index is -0.121. The van der Waals surface area contributed by atoms with E-state index in [1.54, 1.807) is 0 Å². The van der Waals surface area contributed by atoms with Crippen molar-refractivity contribution in [1.29, 1.82) is 0 Å². The summed E-state index contributed by atoms with van der Waals surface area (Å²) in [6.07, 6.45) is 7.35. The molecule has 0 radical (unpaired) electrons. The fourth-order valence-corrected chi connectivity index (χ4v) is 2.97. The smallest absolute Gasteiger partial charge is 0.159 e. The van der Waals surface area contributed by atoms with Crippen molar-refractivity contribution in [1.82, 2.24) is 0 Å². The lowest BCUT2D eigenvalue weighted by Gasteiger charge is -2.28. The van der Waals surface area contributed by atoms with Crippen LogP contribution >= 0.6 is 31.9 Å². The first-order valence-electron chi connectivity index (χ1n) is 7.41. The van der Waals surface area contributed by atoms with Gasteiger partial charge >= 0.3 is 0 Å². The van der Waals surface area contributed by atoms with Gasteiger partial charge in [-0.05, 0) is 32.1 Å². The Labute approximate surface area is 144 Å². The van der Waals surface area contributed by atoms with Crippen LogP contribution in [-0.4, -0.2) is 29.7 Å². The zero-order chi connectivity index (χ0) is 14.9. The fraction of sp³-hybridized carbons (Fsp3) is 0.647. The van der Waals surface area contributed by atoms with E-state index in [2.05, 4.69) is 61.6 Å². The average molecular weight is 416 g/mol. The molecule has 3 atom stereocenters. The molecule has 0 aromatic rings. The van der Waals surface area contributed by atoms with Gasteiger partial charge in [0.1, 0.15) is 6.10 Å². The highest BCUT2D eigenvalue weighted by Gasteiger charge is 2.30. The van der Waals surface area contributed by atoms with Gasteiger partial charge in [-0.2, -0.15) is 0 Å². The first-order valence-corrected chi connectivity index (χ1v) is 9.65. The lowest BCUT2D eigenvalue weighted by atomic mass is 9.95. The SMILES string of the molecule is BrCC#CC1=CCC[C@@H]1[C@H](C#CCBr)OC1CCCCO1. The van der Waals surface area contributed by atoms with E-state index in [9.17, 15) is 0 Å². The quantitative estimate of drug-likeness (QED) is 0.511. The average Bonchev–Trinajstić information content (AvgIpc) is 2.98. The Morgan fingerprint density at radius 2 is 2.10 bits per heavy atom. The molecule has 0 aromatic heterocycles. The molecule has 1 unspecified atom stereocenters. The van der Waals surface area contributed by atoms with Gasteiger partial charge in [0.25, 0.3) is 0 Å². The van der Waals surface area contributed by atoms with Gasteiger partial charge in [0.15, 0.2) is 6.29 Å². The number of rotatable bonds is 3. The highest BCUT2D eigenvalue weighted by atomic mass is 79.9. The third kappa shape index (κ3) is 5.46. The van der Waals surface area contributed by atoms with Gasteiger partial charge in [0.2, 0.25) is 0 Å². The number of ether oxygens (including phenoxy) is 2. The molecule has 0 amide bonds. The Morgan fingerprint density at radius 1 is 1.24 bits per heavy atom. The van der Waals surface area contributed by atoms with Crippen molar-refractivity contribution in [2.45, 2.75) is 44.5 Å². The van der Waals surface area contributed by atoms with Gasteiger partial charge < -0.3 is 9.47 Å². The van der Waals surface area contributed by atoms with Crippen LogP contribution < -0.4 is 0 Å². The van der Waals surface area contributed by atoms with Crippen LogP contribution in [0.1, 0.15) is 32.1 Å². The van der Waals surface area contributed by atoms with Crippen LogP contribution in [0.4, 0.5) is 0 Å². The van der Waals surface area contributed by atoms with Crippen molar-refractivity contribution in [3.05, 3.63) is 11.6 Å². The topological polar surface area (TPSA) is 18.5 Å². The Balaban J connectivity index is 2.06. The maximum Gasteiger partial charge on any atom is 0.159 e. The normalized spacial score (nSPS) is 26.1. The fourth-order valence-electron chi connectivity index (χ4n) is 2.67. The third-order valence-electron chi connectivity index (χ3n) is 3.65. The minimum Gasteiger partial charge on any atom is -0.353 e. The molecule has 1 heterocycles. The van der Waals surface area contributed by atoms with Gasteiger partial charge in [-0.1, -0.05) is 61.6 Å². The molecule has 4 heteroatoms. The van der Waals surface area contributed by atoms with E-state index in [4.69, 9.17) is 9.47 Å². The molecule has 1 aliphatic carbocycles. The van der Waals surface area contributed by atoms with E-state index < -0.39 is 0 Å². The molecule has 0 N–H and O–H groups in total. The van der Waals surface area contributed by atoms with Crippen LogP contribution in [0.25, 0.3) is 0 Å². The Hall–Kier alpha value is -0.260. The van der Waals surface area contributed by atoms with Crippen LogP contribution in [0, 0.1) is 29.6 Å². The maximum atomic E-state index is 6.15. The second-order valence-electron chi connectivity index (χ2n) is 5.09. The van der Waals surface area contributed by atoms with E-state index in [0.29, 0.717) is 10.7 Å². The zero-order valence-electron chi connectivity index (χ0n) is 12.0. The van der Waals surface area contributed by atoms with Crippen molar-refractivity contribution in [2.24, 2.45) is 5.92 Å². The van der Waals surface area contributed by atoms with Crippen molar-refractivity contribution >= 4 is 31.9 Å². The number of halogens is 2. The largest absolute Gasteiger partial charge is 0.353 e. The van der Waals surface area contributed by atoms with E-state index in [1.807, 2.05) is 0 Å². The van der Waals surface area contributed by atoms with E-state index in [1.165, 1.54) is 12.0 Å². The maximum absolute atomic E-state index is 6.15. The molecule has 1 aliphatic heterocycles. The van der Waals surface area contributed by atoms with E-state index in [0.717, 1.165) is 32.3 Å². The molecule has 0 aromatic carbocycles. The molecular formula is C17H20Br2O2. The molecule has 1 saturated heterocycles. The monoisotopic (exact) mass is 414 g/mol. The van der Waals surface area contributed by atoms with Crippen molar-refractivity contribution < 1.29 is 9.47 Å². The summed E-state index contributed by atoms with van der Waals surface area (Å²) in [5, 5.41) is 1.36. The highest BCUT2D eigenvalue weighted by molar-refractivity contribution is 9.09. The Morgan fingerprint density at radius 3 is 2.81 bits per heavy atom. The summed E-state index contributed by atoms with van der Waals surface area (Å²) in [7, 11) is 0. The first kappa shape index (κ1) is 17.1. The summed E-state index contributed by atoms with van der Waals surface area (Å²) < 4.78 is 11.9. The van der Waals surface area contributed by atoms with Crippen molar-refractivity contribution in [3.8, 4) is 23.7 Å². The van der Waals surface area contributed by atoms with Crippen molar-refractivity contribution in [2.75, 3.05) is 17.3 Å². The summed E-state index contributed by atoms with van der Waals surface area (Å²) in [4.78, 5) is 0. The molecule has 114 valence electrons. The van der Waals surface area contributed by atoms with Gasteiger partial charge in [-0.3, -0.25) is 0 Å². The predicted octanol–water partition coefficient (Wildman–Crippen LogP) is 4.03. The van der Waals surface area contributed by atoms with Gasteiger partial charge in [-0.25, -0.2) is 0 Å². The minimum absolute atomic E-state index is 0.112. The summed E-state index contributed by atoms with van der Waals surface area (Å²) in [6, 6.07) is 0. The lowest BCUT2D eigenvalue weighted by Crippen LogP contribution is -2.31. The van der Waals surface area contributed by atoms with Crippen LogP contribution in [0.2, 0.25) is 0 Å². The summed E-state index contributed by atoms with van der Waals surface area (Å²) in [6.45, 7) is 0.792. The second-order valence-corrected chi connectivity index (χ2v) is 6.21. The van der Waals surface area contributed by atoms with E-state index in [-0.39, 0.29) is 18.3 Å². The summed E-state index contributed by atoms with van der Waals surface area (Å²) in [5.74, 6) is 12.9. The molecule has 21 heavy (non-hydrogen) atoms. The Bertz CT molecular complexity index is 472. The van der Waals surface area contributed by atoms with Crippen LogP contribution in [-0.2, 0) is 9.47 Å². The highest BCUT2D eigenvalue weighted by Crippen LogP contribution is 2.31. The van der Waals surface area contributed by atoms with Crippen LogP contribution in [0.3, 0.4) is 0 Å². The lowest BCUT2D eigenvalue weighted by molar-refractivity contribution is -0.182. The molecule has 1 fully saturated rings. The molecule has 0 saturated carbocycles. The first-order chi connectivity index (χ1) is 10.3. The molecule has 2 aliphatic rings. The predicted molar refractivity (Wildman–Crippen MR) is 92.4 cm³/mol.